The zero-order valence-electron chi connectivity index (χ0n) is 22.8. The smallest absolute Gasteiger partial charge is 0.270 e. The minimum Gasteiger partial charge on any atom is -0.494 e. The van der Waals surface area contributed by atoms with Crippen LogP contribution in [-0.2, 0) is 11.3 Å². The molecule has 2 aromatic carbocycles. The number of ether oxygens (including phenoxy) is 3. The number of nitrogens with one attached hydrogen (secondary N) is 1. The van der Waals surface area contributed by atoms with E-state index in [-0.39, 0.29) is 41.5 Å². The van der Waals surface area contributed by atoms with E-state index in [1.165, 1.54) is 4.90 Å². The third-order valence-corrected chi connectivity index (χ3v) is 8.08. The molecule has 1 aliphatic carbocycles. The number of anilines is 1. The van der Waals surface area contributed by atoms with Crippen LogP contribution in [0.2, 0.25) is 0 Å². The molecule has 11 nitrogen and oxygen atoms in total. The summed E-state index contributed by atoms with van der Waals surface area (Å²) < 4.78 is 20.6. The molecule has 1 fully saturated rings. The summed E-state index contributed by atoms with van der Waals surface area (Å²) in [5, 5.41) is 3.18. The van der Waals surface area contributed by atoms with Crippen LogP contribution in [-0.4, -0.2) is 46.4 Å². The summed E-state index contributed by atoms with van der Waals surface area (Å²) in [6.45, 7) is 2.52. The number of rotatable bonds is 10. The van der Waals surface area contributed by atoms with Crippen LogP contribution in [0.4, 0.5) is 5.69 Å². The molecule has 0 spiro atoms. The van der Waals surface area contributed by atoms with E-state index in [4.69, 9.17) is 25.7 Å². The molecule has 5 rings (SSSR count). The molecule has 3 amide bonds. The Hall–Kier alpha value is -4.32. The molecule has 1 atom stereocenters. The Bertz CT molecular complexity index is 1420. The number of nitrogens with two attached hydrogens (primary N) is 2. The van der Waals surface area contributed by atoms with Gasteiger partial charge in [0, 0.05) is 12.6 Å². The number of amides is 3. The van der Waals surface area contributed by atoms with E-state index in [2.05, 4.69) is 9.69 Å². The molecule has 216 valence electrons. The van der Waals surface area contributed by atoms with Crippen LogP contribution in [0.5, 0.6) is 17.2 Å². The molecule has 2 heterocycles. The maximum absolute atomic E-state index is 14.2. The first kappa shape index (κ1) is 28.2. The molecular formula is C29H33N5O6S. The van der Waals surface area contributed by atoms with Crippen molar-refractivity contribution >= 4 is 34.9 Å². The summed E-state index contributed by atoms with van der Waals surface area (Å²) in [5.74, 6) is 0.0959. The van der Waals surface area contributed by atoms with Gasteiger partial charge in [0.05, 0.1) is 12.3 Å². The van der Waals surface area contributed by atoms with Crippen LogP contribution in [0.3, 0.4) is 0 Å². The van der Waals surface area contributed by atoms with Gasteiger partial charge in [0.2, 0.25) is 12.7 Å². The van der Waals surface area contributed by atoms with Gasteiger partial charge in [-0.05, 0) is 66.7 Å². The molecule has 12 heteroatoms. The Morgan fingerprint density at radius 1 is 1.10 bits per heavy atom. The van der Waals surface area contributed by atoms with Gasteiger partial charge in [-0.3, -0.25) is 14.4 Å². The molecule has 1 aromatic heterocycles. The minimum absolute atomic E-state index is 0.0129. The molecule has 0 saturated heterocycles. The Morgan fingerprint density at radius 3 is 2.51 bits per heavy atom. The van der Waals surface area contributed by atoms with E-state index < -0.39 is 17.9 Å². The van der Waals surface area contributed by atoms with Gasteiger partial charge in [-0.2, -0.15) is 4.37 Å². The third-order valence-electron chi connectivity index (χ3n) is 7.22. The normalized spacial score (nSPS) is 15.2. The summed E-state index contributed by atoms with van der Waals surface area (Å²) in [6.07, 6.45) is 4.96. The highest BCUT2D eigenvalue weighted by molar-refractivity contribution is 7.09. The molecule has 3 aromatic rings. The van der Waals surface area contributed by atoms with Crippen molar-refractivity contribution in [2.75, 3.05) is 19.1 Å². The second-order valence-corrected chi connectivity index (χ2v) is 10.8. The van der Waals surface area contributed by atoms with Crippen molar-refractivity contribution < 1.29 is 28.6 Å². The van der Waals surface area contributed by atoms with Gasteiger partial charge in [0.1, 0.15) is 16.7 Å². The van der Waals surface area contributed by atoms with E-state index in [9.17, 15) is 14.4 Å². The number of primary amides is 1. The zero-order chi connectivity index (χ0) is 28.9. The van der Waals surface area contributed by atoms with Crippen molar-refractivity contribution in [1.29, 1.82) is 0 Å². The van der Waals surface area contributed by atoms with Crippen molar-refractivity contribution in [1.82, 2.24) is 14.6 Å². The number of carbonyl (C=O) groups excluding carboxylic acids is 3. The average Bonchev–Trinajstić information content (AvgIpc) is 3.60. The number of hydrogen-bond donors (Lipinski definition) is 3. The monoisotopic (exact) mass is 579 g/mol. The maximum Gasteiger partial charge on any atom is 0.270 e. The Kier molecular flexibility index (Phi) is 8.58. The van der Waals surface area contributed by atoms with Crippen LogP contribution in [0, 0.1) is 0 Å². The van der Waals surface area contributed by atoms with Crippen molar-refractivity contribution in [3.63, 3.8) is 0 Å². The van der Waals surface area contributed by atoms with Gasteiger partial charge in [-0.1, -0.05) is 37.5 Å². The van der Waals surface area contributed by atoms with Gasteiger partial charge in [0.25, 0.3) is 11.8 Å². The van der Waals surface area contributed by atoms with Gasteiger partial charge in [-0.25, -0.2) is 0 Å². The number of aromatic nitrogens is 1. The van der Waals surface area contributed by atoms with Gasteiger partial charge >= 0.3 is 0 Å². The molecule has 41 heavy (non-hydrogen) atoms. The first-order valence-electron chi connectivity index (χ1n) is 13.6. The largest absolute Gasteiger partial charge is 0.494 e. The molecule has 0 bridgehead atoms. The predicted octanol–water partition coefficient (Wildman–Crippen LogP) is 3.78. The summed E-state index contributed by atoms with van der Waals surface area (Å²) in [7, 11) is 0. The number of fused-ring (bicyclic) bond motifs is 1. The van der Waals surface area contributed by atoms with Crippen LogP contribution in [0.1, 0.15) is 76.4 Å². The van der Waals surface area contributed by atoms with E-state index in [0.717, 1.165) is 43.6 Å². The Labute approximate surface area is 241 Å². The molecule has 1 aliphatic heterocycles. The zero-order valence-corrected chi connectivity index (χ0v) is 23.6. The first-order chi connectivity index (χ1) is 19.9. The Morgan fingerprint density at radius 2 is 1.83 bits per heavy atom. The standard InChI is InChI=1S/C29H33N5O6S/c1-2-38-20-11-9-18(10-12-20)25(28(36)32-19-6-4-3-5-7-19)34(15-17-8-13-21-22(14-17)40-16-39-21)29(37)26-23(30)24(27(31)35)33-41-26/h8-14,19,25H,2-7,15-16,30H2,1H3,(H2,31,35)(H,32,36). The number of nitrogen functional groups attached to an aromatic ring is 1. The highest BCUT2D eigenvalue weighted by atomic mass is 32.1. The fraction of sp³-hybridized carbons (Fsp3) is 0.379. The number of benzene rings is 2. The molecule has 5 N–H and O–H groups in total. The van der Waals surface area contributed by atoms with E-state index >= 15 is 0 Å². The first-order valence-corrected chi connectivity index (χ1v) is 14.4. The van der Waals surface area contributed by atoms with Crippen molar-refractivity contribution in [2.45, 2.75) is 57.7 Å². The SMILES string of the molecule is CCOc1ccc(C(C(=O)NC2CCCCC2)N(Cc2ccc3c(c2)OCO3)C(=O)c2snc(C(N)=O)c2N)cc1. The minimum atomic E-state index is -1.02. The quantitative estimate of drug-likeness (QED) is 0.327. The average molecular weight is 580 g/mol. The maximum atomic E-state index is 14.2. The van der Waals surface area contributed by atoms with Crippen LogP contribution in [0.25, 0.3) is 0 Å². The summed E-state index contributed by atoms with van der Waals surface area (Å²) in [6, 6.07) is 11.4. The lowest BCUT2D eigenvalue weighted by Crippen LogP contribution is -2.46. The summed E-state index contributed by atoms with van der Waals surface area (Å²) in [5.41, 5.74) is 12.6. The second-order valence-electron chi connectivity index (χ2n) is 10.0. The summed E-state index contributed by atoms with van der Waals surface area (Å²) >= 11 is 0.777. The van der Waals surface area contributed by atoms with Gasteiger partial charge in [-0.15, -0.1) is 0 Å². The highest BCUT2D eigenvalue weighted by Gasteiger charge is 2.36. The van der Waals surface area contributed by atoms with E-state index in [1.807, 2.05) is 13.0 Å². The lowest BCUT2D eigenvalue weighted by Gasteiger charge is -2.33. The number of hydrogen-bond acceptors (Lipinski definition) is 9. The van der Waals surface area contributed by atoms with Crippen LogP contribution < -0.4 is 31.0 Å². The van der Waals surface area contributed by atoms with Crippen LogP contribution >= 0.6 is 11.5 Å². The van der Waals surface area contributed by atoms with Gasteiger partial charge in [0.15, 0.2) is 17.2 Å². The molecule has 2 aliphatic rings. The number of carbonyl (C=O) groups is 3. The Balaban J connectivity index is 1.57. The third kappa shape index (κ3) is 6.22. The summed E-state index contributed by atoms with van der Waals surface area (Å²) in [4.78, 5) is 41.6. The lowest BCUT2D eigenvalue weighted by molar-refractivity contribution is -0.127. The van der Waals surface area contributed by atoms with E-state index in [0.29, 0.717) is 35.0 Å². The van der Waals surface area contributed by atoms with Gasteiger partial charge < -0.3 is 35.9 Å². The van der Waals surface area contributed by atoms with Crippen LogP contribution in [0.15, 0.2) is 42.5 Å². The van der Waals surface area contributed by atoms with E-state index in [1.54, 1.807) is 36.4 Å². The molecule has 0 radical (unpaired) electrons. The molecule has 1 saturated carbocycles. The van der Waals surface area contributed by atoms with Crippen molar-refractivity contribution in [2.24, 2.45) is 5.73 Å². The van der Waals surface area contributed by atoms with Crippen molar-refractivity contribution in [3.05, 3.63) is 64.2 Å². The number of nitrogens with zero attached hydrogens (tertiary/aromatic N) is 2. The predicted molar refractivity (Wildman–Crippen MR) is 153 cm³/mol. The topological polar surface area (TPSA) is 159 Å². The fourth-order valence-electron chi connectivity index (χ4n) is 5.19. The lowest BCUT2D eigenvalue weighted by atomic mass is 9.94. The van der Waals surface area contributed by atoms with Crippen molar-refractivity contribution in [3.8, 4) is 17.2 Å². The molecular weight excluding hydrogens is 546 g/mol. The second kappa shape index (κ2) is 12.5. The molecule has 1 unspecified atom stereocenters. The highest BCUT2D eigenvalue weighted by Crippen LogP contribution is 2.35. The fourth-order valence-corrected chi connectivity index (χ4v) is 5.95.